The molecule has 0 fully saturated rings. The van der Waals surface area contributed by atoms with Crippen LogP contribution in [0.4, 0.5) is 0 Å². The first kappa shape index (κ1) is 35.2. The van der Waals surface area contributed by atoms with E-state index in [2.05, 4.69) is 214 Å². The Labute approximate surface area is 362 Å². The van der Waals surface area contributed by atoms with Gasteiger partial charge < -0.3 is 9.13 Å². The van der Waals surface area contributed by atoms with Crippen LogP contribution in [-0.4, -0.2) is 28.7 Å². The average Bonchev–Trinajstić information content (AvgIpc) is 4.00. The van der Waals surface area contributed by atoms with E-state index in [1.54, 1.807) is 0 Å². The number of nitrogens with zero attached hydrogens (tertiary/aromatic N) is 6. The van der Waals surface area contributed by atoms with Crippen LogP contribution in [0.25, 0.3) is 117 Å². The van der Waals surface area contributed by atoms with Crippen LogP contribution < -0.4 is 0 Å². The number of para-hydroxylation sites is 5. The van der Waals surface area contributed by atoms with Gasteiger partial charge in [-0.25, -0.2) is 4.98 Å². The molecule has 294 valence electrons. The van der Waals surface area contributed by atoms with Gasteiger partial charge in [-0.3, -0.25) is 4.57 Å². The molecule has 6 nitrogen and oxygen atoms in total. The molecule has 0 aliphatic carbocycles. The molecule has 0 radical (unpaired) electrons. The molecule has 0 bridgehead atoms. The number of fused-ring (bicyclic) bond motifs is 9. The number of aromatic nitrogens is 6. The average molecular weight is 805 g/mol. The van der Waals surface area contributed by atoms with Crippen molar-refractivity contribution in [2.24, 2.45) is 0 Å². The van der Waals surface area contributed by atoms with Crippen LogP contribution in [0.3, 0.4) is 0 Å². The highest BCUT2D eigenvalue weighted by Gasteiger charge is 2.26. The van der Waals surface area contributed by atoms with Gasteiger partial charge in [0.05, 0.1) is 50.0 Å². The second kappa shape index (κ2) is 14.0. The van der Waals surface area contributed by atoms with Crippen LogP contribution >= 0.6 is 0 Å². The zero-order chi connectivity index (χ0) is 41.4. The van der Waals surface area contributed by atoms with Gasteiger partial charge in [0.25, 0.3) is 0 Å². The Bertz CT molecular complexity index is 3670. The lowest BCUT2D eigenvalue weighted by Crippen LogP contribution is -2.10. The molecule has 4 aromatic heterocycles. The van der Waals surface area contributed by atoms with Gasteiger partial charge >= 0.3 is 0 Å². The maximum atomic E-state index is 5.65. The van der Waals surface area contributed by atoms with Crippen molar-refractivity contribution in [1.82, 2.24) is 28.7 Å². The van der Waals surface area contributed by atoms with Crippen molar-refractivity contribution in [2.45, 2.75) is 0 Å². The molecule has 63 heavy (non-hydrogen) atoms. The Morgan fingerprint density at radius 1 is 0.270 bits per heavy atom. The summed E-state index contributed by atoms with van der Waals surface area (Å²) in [5.74, 6) is 1.70. The predicted molar refractivity (Wildman–Crippen MR) is 259 cm³/mol. The molecular formula is C57H36N6. The van der Waals surface area contributed by atoms with Crippen LogP contribution in [0, 0.1) is 0 Å². The highest BCUT2D eigenvalue weighted by molar-refractivity contribution is 6.16. The van der Waals surface area contributed by atoms with Crippen molar-refractivity contribution in [3.63, 3.8) is 0 Å². The molecule has 0 aliphatic rings. The molecule has 0 saturated carbocycles. The fraction of sp³-hybridized carbons (Fsp3) is 0. The number of benzene rings is 9. The molecular weight excluding hydrogens is 769 g/mol. The van der Waals surface area contributed by atoms with Crippen molar-refractivity contribution in [3.05, 3.63) is 218 Å². The van der Waals surface area contributed by atoms with Gasteiger partial charge in [-0.1, -0.05) is 170 Å². The lowest BCUT2D eigenvalue weighted by Gasteiger charge is -2.20. The van der Waals surface area contributed by atoms with Crippen molar-refractivity contribution in [3.8, 4) is 51.2 Å². The maximum Gasteiger partial charge on any atom is 0.238 e. The van der Waals surface area contributed by atoms with Crippen molar-refractivity contribution in [2.75, 3.05) is 0 Å². The minimum Gasteiger partial charge on any atom is -0.308 e. The van der Waals surface area contributed by atoms with Gasteiger partial charge in [0, 0.05) is 37.9 Å². The third-order valence-corrected chi connectivity index (χ3v) is 12.5. The predicted octanol–water partition coefficient (Wildman–Crippen LogP) is 14.2. The van der Waals surface area contributed by atoms with Crippen molar-refractivity contribution >= 4 is 65.4 Å². The summed E-state index contributed by atoms with van der Waals surface area (Å²) < 4.78 is 6.99. The van der Waals surface area contributed by atoms with E-state index in [0.29, 0.717) is 17.6 Å². The smallest absolute Gasteiger partial charge is 0.238 e. The second-order valence-electron chi connectivity index (χ2n) is 16.0. The van der Waals surface area contributed by atoms with Gasteiger partial charge in [0.2, 0.25) is 5.95 Å². The van der Waals surface area contributed by atoms with Crippen LogP contribution in [0.1, 0.15) is 0 Å². The lowest BCUT2D eigenvalue weighted by molar-refractivity contribution is 0.949. The summed E-state index contributed by atoms with van der Waals surface area (Å²) >= 11 is 0. The molecule has 13 aromatic rings. The monoisotopic (exact) mass is 804 g/mol. The topological polar surface area (TPSA) is 53.5 Å². The molecule has 0 spiro atoms. The second-order valence-corrected chi connectivity index (χ2v) is 16.0. The van der Waals surface area contributed by atoms with Crippen molar-refractivity contribution in [1.29, 1.82) is 0 Å². The quantitative estimate of drug-likeness (QED) is 0.168. The maximum absolute atomic E-state index is 5.65. The highest BCUT2D eigenvalue weighted by atomic mass is 15.2. The van der Waals surface area contributed by atoms with Crippen LogP contribution in [0.15, 0.2) is 218 Å². The molecule has 4 heterocycles. The zero-order valence-corrected chi connectivity index (χ0v) is 34.0. The van der Waals surface area contributed by atoms with Gasteiger partial charge in [0.15, 0.2) is 11.6 Å². The Hall–Kier alpha value is -8.61. The van der Waals surface area contributed by atoms with E-state index in [4.69, 9.17) is 15.0 Å². The number of rotatable bonds is 6. The number of hydrogen-bond donors (Lipinski definition) is 0. The summed E-state index contributed by atoms with van der Waals surface area (Å²) in [5.41, 5.74) is 12.5. The van der Waals surface area contributed by atoms with Gasteiger partial charge in [0.1, 0.15) is 0 Å². The summed E-state index contributed by atoms with van der Waals surface area (Å²) in [6.45, 7) is 0. The molecule has 0 unspecified atom stereocenters. The van der Waals surface area contributed by atoms with E-state index < -0.39 is 0 Å². The first-order valence-electron chi connectivity index (χ1n) is 21.3. The summed E-state index contributed by atoms with van der Waals surface area (Å²) in [4.78, 5) is 16.5. The fourth-order valence-electron chi connectivity index (χ4n) is 9.88. The van der Waals surface area contributed by atoms with Gasteiger partial charge in [-0.05, 0) is 59.7 Å². The van der Waals surface area contributed by atoms with E-state index in [1.165, 1.54) is 21.5 Å². The first-order chi connectivity index (χ1) is 31.3. The molecule has 0 amide bonds. The Morgan fingerprint density at radius 2 is 0.667 bits per heavy atom. The highest BCUT2D eigenvalue weighted by Crippen LogP contribution is 2.43. The van der Waals surface area contributed by atoms with Crippen LogP contribution in [-0.2, 0) is 0 Å². The normalized spacial score (nSPS) is 11.8. The van der Waals surface area contributed by atoms with Crippen LogP contribution in [0.2, 0.25) is 0 Å². The standard InChI is InChI=1S/C57H36N6/c1-3-19-37(20-4-1)39-28-17-34-50-53(39)44-27-11-16-33-49(44)63(50)57-59-55(38-21-5-2-6-22-38)58-56(60-57)54-51(61-45-29-12-7-23-40(45)41-24-8-13-30-46(41)61)35-18-36-52(54)62-47-31-14-9-25-42(47)43-26-10-15-32-48(43)62/h1-36H. The Morgan fingerprint density at radius 3 is 1.19 bits per heavy atom. The molecule has 0 atom stereocenters. The van der Waals surface area contributed by atoms with E-state index in [1.807, 2.05) is 18.2 Å². The first-order valence-corrected chi connectivity index (χ1v) is 21.3. The molecule has 13 rings (SSSR count). The third kappa shape index (κ3) is 5.35. The SMILES string of the molecule is c1ccc(-c2nc(-c3c(-n4c5ccccc5c5ccccc54)cccc3-n3c4ccccc4c4ccccc43)nc(-n3c4ccccc4c4c(-c5ccccc5)cccc43)n2)cc1. The summed E-state index contributed by atoms with van der Waals surface area (Å²) in [6.07, 6.45) is 0. The fourth-order valence-corrected chi connectivity index (χ4v) is 9.88. The Kier molecular flexibility index (Phi) is 7.80. The number of hydrogen-bond acceptors (Lipinski definition) is 3. The minimum atomic E-state index is 0.542. The largest absolute Gasteiger partial charge is 0.308 e. The molecule has 0 aliphatic heterocycles. The summed E-state index contributed by atoms with van der Waals surface area (Å²) in [7, 11) is 0. The molecule has 0 N–H and O–H groups in total. The van der Waals surface area contributed by atoms with E-state index in [0.717, 1.165) is 77.5 Å². The zero-order valence-electron chi connectivity index (χ0n) is 34.0. The summed E-state index contributed by atoms with van der Waals surface area (Å²) in [5, 5.41) is 7.01. The molecule has 9 aromatic carbocycles. The summed E-state index contributed by atoms with van der Waals surface area (Å²) in [6, 6.07) is 77.3. The van der Waals surface area contributed by atoms with E-state index >= 15 is 0 Å². The molecule has 6 heteroatoms. The lowest BCUT2D eigenvalue weighted by atomic mass is 9.99. The Balaban J connectivity index is 1.19. The van der Waals surface area contributed by atoms with Crippen LogP contribution in [0.5, 0.6) is 0 Å². The van der Waals surface area contributed by atoms with Crippen molar-refractivity contribution < 1.29 is 0 Å². The third-order valence-electron chi connectivity index (χ3n) is 12.5. The van der Waals surface area contributed by atoms with Gasteiger partial charge in [-0.15, -0.1) is 0 Å². The molecule has 0 saturated heterocycles. The van der Waals surface area contributed by atoms with Gasteiger partial charge in [-0.2, -0.15) is 9.97 Å². The van der Waals surface area contributed by atoms with E-state index in [9.17, 15) is 0 Å². The minimum absolute atomic E-state index is 0.542. The van der Waals surface area contributed by atoms with E-state index in [-0.39, 0.29) is 0 Å².